The Hall–Kier alpha value is -1.90. The van der Waals surface area contributed by atoms with Crippen molar-refractivity contribution in [2.75, 3.05) is 33.3 Å². The summed E-state index contributed by atoms with van der Waals surface area (Å²) in [5, 5.41) is 0. The summed E-state index contributed by atoms with van der Waals surface area (Å²) in [4.78, 5) is 7.26. The van der Waals surface area contributed by atoms with Crippen molar-refractivity contribution in [3.05, 3.63) is 42.5 Å². The average molecular weight is 391 g/mol. The molecule has 0 saturated carbocycles. The van der Waals surface area contributed by atoms with E-state index in [2.05, 4.69) is 21.5 Å². The normalized spacial score (nSPS) is 20.5. The second-order valence-electron chi connectivity index (χ2n) is 7.21. The molecule has 2 aliphatic rings. The fourth-order valence-electron chi connectivity index (χ4n) is 4.26. The first-order chi connectivity index (χ1) is 13.0. The zero-order valence-corrected chi connectivity index (χ0v) is 16.7. The van der Waals surface area contributed by atoms with E-state index in [1.54, 1.807) is 28.6 Å². The van der Waals surface area contributed by atoms with Crippen molar-refractivity contribution < 1.29 is 13.2 Å². The molecular weight excluding hydrogens is 364 g/mol. The highest BCUT2D eigenvalue weighted by atomic mass is 32.2. The number of hydrogen-bond acceptors (Lipinski definition) is 5. The number of piperidine rings is 1. The molecule has 4 rings (SSSR count). The van der Waals surface area contributed by atoms with E-state index in [1.165, 1.54) is 0 Å². The van der Waals surface area contributed by atoms with E-state index in [-0.39, 0.29) is 5.54 Å². The molecule has 0 radical (unpaired) electrons. The Labute approximate surface area is 160 Å². The molecule has 0 aliphatic carbocycles. The maximum atomic E-state index is 13.1. The van der Waals surface area contributed by atoms with E-state index >= 15 is 0 Å². The van der Waals surface area contributed by atoms with Gasteiger partial charge < -0.3 is 9.30 Å². The molecule has 1 aromatic heterocycles. The molecule has 8 heteroatoms. The highest BCUT2D eigenvalue weighted by Gasteiger charge is 2.46. The molecule has 0 amide bonds. The average Bonchev–Trinajstić information content (AvgIpc) is 3.16. The summed E-state index contributed by atoms with van der Waals surface area (Å²) in [6.07, 6.45) is 5.36. The van der Waals surface area contributed by atoms with Crippen LogP contribution in [-0.4, -0.2) is 60.5 Å². The first-order valence-corrected chi connectivity index (χ1v) is 10.9. The molecule has 0 N–H and O–H groups in total. The van der Waals surface area contributed by atoms with Gasteiger partial charge in [0.2, 0.25) is 10.0 Å². The van der Waals surface area contributed by atoms with Gasteiger partial charge in [-0.2, -0.15) is 4.31 Å². The van der Waals surface area contributed by atoms with Crippen molar-refractivity contribution in [2.24, 2.45) is 0 Å². The van der Waals surface area contributed by atoms with Crippen LogP contribution in [0.2, 0.25) is 0 Å². The molecule has 1 aromatic carbocycles. The third-order valence-electron chi connectivity index (χ3n) is 5.86. The maximum Gasteiger partial charge on any atom is 0.243 e. The van der Waals surface area contributed by atoms with E-state index in [0.717, 1.165) is 31.8 Å². The Morgan fingerprint density at radius 1 is 1.11 bits per heavy atom. The topological polar surface area (TPSA) is 67.7 Å². The molecule has 1 fully saturated rings. The number of nitrogens with zero attached hydrogens (tertiary/aromatic N) is 4. The van der Waals surface area contributed by atoms with Crippen molar-refractivity contribution >= 4 is 10.0 Å². The largest absolute Gasteiger partial charge is 0.494 e. The summed E-state index contributed by atoms with van der Waals surface area (Å²) in [6, 6.07) is 6.69. The number of rotatable bonds is 4. The molecule has 0 atom stereocenters. The first kappa shape index (κ1) is 18.5. The summed E-state index contributed by atoms with van der Waals surface area (Å²) in [5.74, 6) is 1.75. The van der Waals surface area contributed by atoms with Crippen LogP contribution >= 0.6 is 0 Å². The van der Waals surface area contributed by atoms with Gasteiger partial charge in [-0.05, 0) is 51.1 Å². The van der Waals surface area contributed by atoms with Crippen LogP contribution in [0, 0.1) is 0 Å². The zero-order valence-electron chi connectivity index (χ0n) is 15.8. The predicted molar refractivity (Wildman–Crippen MR) is 102 cm³/mol. The lowest BCUT2D eigenvalue weighted by atomic mass is 9.84. The van der Waals surface area contributed by atoms with Gasteiger partial charge in [-0.1, -0.05) is 0 Å². The van der Waals surface area contributed by atoms with Gasteiger partial charge in [-0.3, -0.25) is 4.90 Å². The molecule has 2 aliphatic heterocycles. The third-order valence-corrected chi connectivity index (χ3v) is 7.77. The van der Waals surface area contributed by atoms with Crippen molar-refractivity contribution in [1.82, 2.24) is 18.8 Å². The number of benzene rings is 1. The third kappa shape index (κ3) is 3.05. The smallest absolute Gasteiger partial charge is 0.243 e. The minimum atomic E-state index is -3.50. The predicted octanol–water partition coefficient (Wildman–Crippen LogP) is 1.91. The fraction of sp³-hybridized carbons (Fsp3) is 0.526. The standard InChI is InChI=1S/C19H26N4O3S/c1-3-26-16-4-6-17(7-5-16)27(24,25)23-11-8-19(9-12-23)18-20-10-13-22(18)15-14-21(19)2/h4-7,10,13H,3,8-9,11-12,14-15H2,1-2H3. The molecule has 2 aromatic rings. The summed E-state index contributed by atoms with van der Waals surface area (Å²) in [7, 11) is -1.38. The second kappa shape index (κ2) is 6.92. The summed E-state index contributed by atoms with van der Waals surface area (Å²) in [5.41, 5.74) is -0.174. The SMILES string of the molecule is CCOc1ccc(S(=O)(=O)N2CCC3(CC2)c2nccn2CCN3C)cc1. The number of likely N-dealkylation sites (N-methyl/N-ethyl adjacent to an activating group) is 1. The molecule has 1 saturated heterocycles. The monoisotopic (exact) mass is 390 g/mol. The van der Waals surface area contributed by atoms with Crippen LogP contribution in [0.15, 0.2) is 41.6 Å². The van der Waals surface area contributed by atoms with Crippen LogP contribution < -0.4 is 4.74 Å². The van der Waals surface area contributed by atoms with Gasteiger partial charge in [0.05, 0.1) is 17.0 Å². The van der Waals surface area contributed by atoms with Crippen LogP contribution in [0.5, 0.6) is 5.75 Å². The lowest BCUT2D eigenvalue weighted by Gasteiger charge is -2.49. The molecule has 7 nitrogen and oxygen atoms in total. The van der Waals surface area contributed by atoms with E-state index in [9.17, 15) is 8.42 Å². The first-order valence-electron chi connectivity index (χ1n) is 9.43. The van der Waals surface area contributed by atoms with Gasteiger partial charge in [0.1, 0.15) is 11.6 Å². The van der Waals surface area contributed by atoms with Crippen molar-refractivity contribution in [2.45, 2.75) is 36.7 Å². The highest BCUT2D eigenvalue weighted by Crippen LogP contribution is 2.40. The molecule has 0 unspecified atom stereocenters. The van der Waals surface area contributed by atoms with Crippen LogP contribution in [0.1, 0.15) is 25.6 Å². The fourth-order valence-corrected chi connectivity index (χ4v) is 5.71. The molecular formula is C19H26N4O3S. The van der Waals surface area contributed by atoms with E-state index in [1.807, 2.05) is 19.3 Å². The Bertz CT molecular complexity index is 899. The summed E-state index contributed by atoms with van der Waals surface area (Å²) in [6.45, 7) is 5.33. The van der Waals surface area contributed by atoms with Crippen LogP contribution in [0.3, 0.4) is 0 Å². The van der Waals surface area contributed by atoms with Gasteiger partial charge in [-0.25, -0.2) is 13.4 Å². The quantitative estimate of drug-likeness (QED) is 0.798. The second-order valence-corrected chi connectivity index (χ2v) is 9.14. The number of fused-ring (bicyclic) bond motifs is 2. The number of sulfonamides is 1. The lowest BCUT2D eigenvalue weighted by Crippen LogP contribution is -2.56. The number of ether oxygens (including phenoxy) is 1. The van der Waals surface area contributed by atoms with E-state index in [4.69, 9.17) is 4.74 Å². The van der Waals surface area contributed by atoms with E-state index < -0.39 is 10.0 Å². The van der Waals surface area contributed by atoms with Gasteiger partial charge in [-0.15, -0.1) is 0 Å². The van der Waals surface area contributed by atoms with Crippen molar-refractivity contribution in [3.63, 3.8) is 0 Å². The van der Waals surface area contributed by atoms with Crippen molar-refractivity contribution in [1.29, 1.82) is 0 Å². The number of imidazole rings is 1. The van der Waals surface area contributed by atoms with Crippen LogP contribution in [-0.2, 0) is 22.1 Å². The zero-order chi connectivity index (χ0) is 19.1. The number of hydrogen-bond donors (Lipinski definition) is 0. The summed E-state index contributed by atoms with van der Waals surface area (Å²) < 4.78 is 35.3. The highest BCUT2D eigenvalue weighted by molar-refractivity contribution is 7.89. The minimum absolute atomic E-state index is 0.174. The minimum Gasteiger partial charge on any atom is -0.494 e. The molecule has 27 heavy (non-hydrogen) atoms. The van der Waals surface area contributed by atoms with Gasteiger partial charge in [0, 0.05) is 38.6 Å². The molecule has 1 spiro atoms. The van der Waals surface area contributed by atoms with Gasteiger partial charge in [0.15, 0.2) is 0 Å². The van der Waals surface area contributed by atoms with Gasteiger partial charge >= 0.3 is 0 Å². The Balaban J connectivity index is 1.54. The Morgan fingerprint density at radius 3 is 2.48 bits per heavy atom. The van der Waals surface area contributed by atoms with Crippen LogP contribution in [0.25, 0.3) is 0 Å². The summed E-state index contributed by atoms with van der Waals surface area (Å²) >= 11 is 0. The Kier molecular flexibility index (Phi) is 4.73. The van der Waals surface area contributed by atoms with E-state index in [0.29, 0.717) is 30.3 Å². The lowest BCUT2D eigenvalue weighted by molar-refractivity contribution is 0.0271. The molecule has 3 heterocycles. The van der Waals surface area contributed by atoms with Crippen LogP contribution in [0.4, 0.5) is 0 Å². The Morgan fingerprint density at radius 2 is 1.81 bits per heavy atom. The van der Waals surface area contributed by atoms with Crippen molar-refractivity contribution in [3.8, 4) is 5.75 Å². The number of aromatic nitrogens is 2. The molecule has 0 bridgehead atoms. The molecule has 146 valence electrons. The van der Waals surface area contributed by atoms with Gasteiger partial charge in [0.25, 0.3) is 0 Å². The maximum absolute atomic E-state index is 13.1.